The quantitative estimate of drug-likeness (QED) is 0.348. The van der Waals surface area contributed by atoms with Crippen LogP contribution in [0.1, 0.15) is 43.2 Å². The number of anilines is 1. The van der Waals surface area contributed by atoms with Crippen molar-refractivity contribution in [2.45, 2.75) is 45.9 Å². The molecular weight excluding hydrogens is 518 g/mol. The Balaban J connectivity index is 1.33. The van der Waals surface area contributed by atoms with Crippen LogP contribution in [0.5, 0.6) is 0 Å². The van der Waals surface area contributed by atoms with Crippen molar-refractivity contribution in [3.63, 3.8) is 0 Å². The zero-order valence-corrected chi connectivity index (χ0v) is 22.6. The number of thiophene rings is 2. The molecule has 2 aromatic heterocycles. The summed E-state index contributed by atoms with van der Waals surface area (Å²) in [6, 6.07) is 7.45. The van der Waals surface area contributed by atoms with Gasteiger partial charge in [-0.25, -0.2) is 9.59 Å². The van der Waals surface area contributed by atoms with Crippen LogP contribution >= 0.6 is 34.3 Å². The Labute approximate surface area is 223 Å². The van der Waals surface area contributed by atoms with Gasteiger partial charge in [-0.15, -0.1) is 22.7 Å². The lowest BCUT2D eigenvalue weighted by atomic mass is 10.00. The van der Waals surface area contributed by atoms with E-state index in [-0.39, 0.29) is 12.1 Å². The van der Waals surface area contributed by atoms with Gasteiger partial charge in [0.15, 0.2) is 0 Å². The fourth-order valence-corrected chi connectivity index (χ4v) is 7.11. The standard InChI is InChI=1S/C26H28ClN3O4S2/c1-14-15(2)35-24(22(14)25(31)34-18-7-9-33-13-18)30-26(32)29-11-20-19-6-8-28-12-21(19)36-23(20)16-4-3-5-17(27)10-16/h3-5,10,18,28H,6-9,11-13H2,1-2H3,(H2,29,30,32). The second-order valence-corrected chi connectivity index (χ2v) is 11.7. The molecule has 36 heavy (non-hydrogen) atoms. The highest BCUT2D eigenvalue weighted by molar-refractivity contribution is 7.17. The van der Waals surface area contributed by atoms with Crippen LogP contribution in [0.15, 0.2) is 24.3 Å². The van der Waals surface area contributed by atoms with Gasteiger partial charge in [0.2, 0.25) is 0 Å². The van der Waals surface area contributed by atoms with Crippen LogP contribution in [0.3, 0.4) is 0 Å². The molecule has 2 aliphatic heterocycles. The number of nitrogens with one attached hydrogen (secondary N) is 3. The number of fused-ring (bicyclic) bond motifs is 1. The zero-order chi connectivity index (χ0) is 25.2. The van der Waals surface area contributed by atoms with E-state index in [4.69, 9.17) is 21.1 Å². The van der Waals surface area contributed by atoms with Gasteiger partial charge < -0.3 is 20.1 Å². The molecule has 1 aromatic carbocycles. The molecule has 3 N–H and O–H groups in total. The number of urea groups is 1. The molecule has 2 amide bonds. The van der Waals surface area contributed by atoms with Crippen LogP contribution in [-0.2, 0) is 29.0 Å². The summed E-state index contributed by atoms with van der Waals surface area (Å²) in [6.45, 7) is 6.91. The minimum atomic E-state index is -0.426. The van der Waals surface area contributed by atoms with Gasteiger partial charge in [0, 0.05) is 39.2 Å². The normalized spacial score (nSPS) is 17.0. The number of carbonyl (C=O) groups excluding carboxylic acids is 2. The van der Waals surface area contributed by atoms with Crippen molar-refractivity contribution in [2.75, 3.05) is 25.1 Å². The molecular formula is C26H28ClN3O4S2. The Hall–Kier alpha value is -2.43. The summed E-state index contributed by atoms with van der Waals surface area (Å²) in [5, 5.41) is 10.5. The topological polar surface area (TPSA) is 88.7 Å². The highest BCUT2D eigenvalue weighted by Gasteiger charge is 2.27. The molecule has 4 heterocycles. The second kappa shape index (κ2) is 10.9. The van der Waals surface area contributed by atoms with Crippen molar-refractivity contribution in [1.82, 2.24) is 10.6 Å². The molecule has 0 aliphatic carbocycles. The van der Waals surface area contributed by atoms with E-state index < -0.39 is 5.97 Å². The third kappa shape index (κ3) is 5.31. The maximum absolute atomic E-state index is 13.0. The molecule has 5 rings (SSSR count). The predicted octanol–water partition coefficient (Wildman–Crippen LogP) is 5.66. The first kappa shape index (κ1) is 25.2. The Morgan fingerprint density at radius 3 is 2.92 bits per heavy atom. The number of hydrogen-bond donors (Lipinski definition) is 3. The van der Waals surface area contributed by atoms with Crippen LogP contribution in [0.25, 0.3) is 10.4 Å². The largest absolute Gasteiger partial charge is 0.456 e. The molecule has 7 nitrogen and oxygen atoms in total. The highest BCUT2D eigenvalue weighted by Crippen LogP contribution is 2.39. The Bertz CT molecular complexity index is 1300. The lowest BCUT2D eigenvalue weighted by Crippen LogP contribution is -2.30. The number of rotatable bonds is 6. The van der Waals surface area contributed by atoms with Crippen LogP contribution in [-0.4, -0.2) is 37.9 Å². The first-order valence-corrected chi connectivity index (χ1v) is 14.0. The van der Waals surface area contributed by atoms with E-state index in [1.165, 1.54) is 21.8 Å². The smallest absolute Gasteiger partial charge is 0.341 e. The summed E-state index contributed by atoms with van der Waals surface area (Å²) in [5.41, 5.74) is 4.69. The number of halogens is 1. The number of hydrogen-bond acceptors (Lipinski definition) is 7. The van der Waals surface area contributed by atoms with Gasteiger partial charge >= 0.3 is 12.0 Å². The van der Waals surface area contributed by atoms with E-state index >= 15 is 0 Å². The number of amides is 2. The van der Waals surface area contributed by atoms with E-state index in [0.29, 0.717) is 41.8 Å². The van der Waals surface area contributed by atoms with E-state index in [2.05, 4.69) is 16.0 Å². The Morgan fingerprint density at radius 2 is 2.14 bits per heavy atom. The van der Waals surface area contributed by atoms with E-state index in [9.17, 15) is 9.59 Å². The maximum atomic E-state index is 13.0. The van der Waals surface area contributed by atoms with Crippen LogP contribution < -0.4 is 16.0 Å². The average molecular weight is 546 g/mol. The maximum Gasteiger partial charge on any atom is 0.341 e. The fraction of sp³-hybridized carbons (Fsp3) is 0.385. The molecule has 1 atom stereocenters. The van der Waals surface area contributed by atoms with Crippen molar-refractivity contribution in [3.05, 3.63) is 61.3 Å². The third-order valence-corrected chi connectivity index (χ3v) is 9.21. The van der Waals surface area contributed by atoms with Crippen LogP contribution in [0, 0.1) is 13.8 Å². The van der Waals surface area contributed by atoms with Gasteiger partial charge in [-0.05, 0) is 61.2 Å². The Kier molecular flexibility index (Phi) is 7.64. The van der Waals surface area contributed by atoms with Crippen molar-refractivity contribution in [2.24, 2.45) is 0 Å². The summed E-state index contributed by atoms with van der Waals surface area (Å²) < 4.78 is 10.9. The molecule has 1 unspecified atom stereocenters. The SMILES string of the molecule is Cc1sc(NC(=O)NCc2c(-c3cccc(Cl)c3)sc3c2CCNC3)c(C(=O)OC2CCOC2)c1C. The molecule has 0 spiro atoms. The molecule has 1 saturated heterocycles. The van der Waals surface area contributed by atoms with E-state index in [1.54, 1.807) is 11.3 Å². The minimum Gasteiger partial charge on any atom is -0.456 e. The van der Waals surface area contributed by atoms with Gasteiger partial charge in [-0.1, -0.05) is 23.7 Å². The first-order chi connectivity index (χ1) is 17.4. The third-order valence-electron chi connectivity index (χ3n) is 6.53. The number of carbonyl (C=O) groups is 2. The molecule has 190 valence electrons. The lowest BCUT2D eigenvalue weighted by Gasteiger charge is -2.15. The van der Waals surface area contributed by atoms with Gasteiger partial charge in [0.25, 0.3) is 0 Å². The number of ether oxygens (including phenoxy) is 2. The molecule has 0 radical (unpaired) electrons. The summed E-state index contributed by atoms with van der Waals surface area (Å²) in [5.74, 6) is -0.426. The monoisotopic (exact) mass is 545 g/mol. The summed E-state index contributed by atoms with van der Waals surface area (Å²) in [4.78, 5) is 29.3. The molecule has 2 aliphatic rings. The van der Waals surface area contributed by atoms with Crippen LogP contribution in [0.2, 0.25) is 5.02 Å². The number of aryl methyl sites for hydroxylation is 1. The van der Waals surface area contributed by atoms with Crippen molar-refractivity contribution in [3.8, 4) is 10.4 Å². The summed E-state index contributed by atoms with van der Waals surface area (Å²) in [6.07, 6.45) is 1.35. The van der Waals surface area contributed by atoms with Crippen LogP contribution in [0.4, 0.5) is 9.80 Å². The van der Waals surface area contributed by atoms with Crippen molar-refractivity contribution >= 4 is 51.3 Å². The van der Waals surface area contributed by atoms with E-state index in [0.717, 1.165) is 46.0 Å². The molecule has 10 heteroatoms. The highest BCUT2D eigenvalue weighted by atomic mass is 35.5. The molecule has 0 saturated carbocycles. The van der Waals surface area contributed by atoms with Gasteiger partial charge in [0.05, 0.1) is 18.8 Å². The predicted molar refractivity (Wildman–Crippen MR) is 144 cm³/mol. The molecule has 3 aromatic rings. The molecule has 1 fully saturated rings. The van der Waals surface area contributed by atoms with Gasteiger partial charge in [-0.3, -0.25) is 5.32 Å². The lowest BCUT2D eigenvalue weighted by molar-refractivity contribution is 0.0271. The van der Waals surface area contributed by atoms with Crippen molar-refractivity contribution < 1.29 is 19.1 Å². The summed E-state index contributed by atoms with van der Waals surface area (Å²) in [7, 11) is 0. The minimum absolute atomic E-state index is 0.247. The summed E-state index contributed by atoms with van der Waals surface area (Å²) >= 11 is 9.39. The second-order valence-electron chi connectivity index (χ2n) is 8.93. The Morgan fingerprint density at radius 1 is 1.28 bits per heavy atom. The molecule has 0 bridgehead atoms. The van der Waals surface area contributed by atoms with E-state index in [1.807, 2.05) is 38.1 Å². The van der Waals surface area contributed by atoms with Gasteiger partial charge in [-0.2, -0.15) is 0 Å². The number of esters is 1. The average Bonchev–Trinajstić information content (AvgIpc) is 3.56. The van der Waals surface area contributed by atoms with Gasteiger partial charge in [0.1, 0.15) is 11.1 Å². The van der Waals surface area contributed by atoms with Crippen molar-refractivity contribution in [1.29, 1.82) is 0 Å². The fourth-order valence-electron chi connectivity index (χ4n) is 4.54. The zero-order valence-electron chi connectivity index (χ0n) is 20.2. The number of benzene rings is 1. The first-order valence-electron chi connectivity index (χ1n) is 11.9.